The maximum atomic E-state index is 12.9. The second kappa shape index (κ2) is 6.99. The summed E-state index contributed by atoms with van der Waals surface area (Å²) >= 11 is 0. The predicted octanol–water partition coefficient (Wildman–Crippen LogP) is 4.24. The second-order valence-corrected chi connectivity index (χ2v) is 6.16. The molecule has 0 fully saturated rings. The normalized spacial score (nSPS) is 11.9. The molecule has 138 valence electrons. The molecule has 0 bridgehead atoms. The van der Waals surface area contributed by atoms with Crippen LogP contribution in [0.3, 0.4) is 0 Å². The number of aromatic nitrogens is 2. The van der Waals surface area contributed by atoms with E-state index in [1.165, 1.54) is 6.07 Å². The summed E-state index contributed by atoms with van der Waals surface area (Å²) in [4.78, 5) is 4.29. The number of imidazole rings is 1. The van der Waals surface area contributed by atoms with E-state index in [0.29, 0.717) is 17.1 Å². The fourth-order valence-electron chi connectivity index (χ4n) is 2.92. The minimum atomic E-state index is -4.43. The first-order valence-electron chi connectivity index (χ1n) is 8.17. The molecule has 2 aromatic carbocycles. The number of aryl methyl sites for hydroxylation is 2. The fourth-order valence-corrected chi connectivity index (χ4v) is 2.92. The highest BCUT2D eigenvalue weighted by atomic mass is 19.4. The number of alkyl halides is 3. The van der Waals surface area contributed by atoms with E-state index in [2.05, 4.69) is 4.98 Å². The lowest BCUT2D eigenvalue weighted by Crippen LogP contribution is -2.10. The SMILES string of the molecule is Cc1ccc(OCc2nc3cc(C(F)(F)F)ccc3n2CCO)c(C)c1. The summed E-state index contributed by atoms with van der Waals surface area (Å²) in [6.07, 6.45) is -4.43. The van der Waals surface area contributed by atoms with Crippen LogP contribution in [0.15, 0.2) is 36.4 Å². The Kier molecular flexibility index (Phi) is 4.91. The first kappa shape index (κ1) is 18.3. The lowest BCUT2D eigenvalue weighted by atomic mass is 10.1. The van der Waals surface area contributed by atoms with E-state index in [4.69, 9.17) is 4.74 Å². The molecule has 0 saturated heterocycles. The zero-order valence-electron chi connectivity index (χ0n) is 14.5. The van der Waals surface area contributed by atoms with Gasteiger partial charge in [0.1, 0.15) is 18.2 Å². The van der Waals surface area contributed by atoms with Crippen molar-refractivity contribution in [3.63, 3.8) is 0 Å². The average molecular weight is 364 g/mol. The Morgan fingerprint density at radius 1 is 1.12 bits per heavy atom. The van der Waals surface area contributed by atoms with Gasteiger partial charge in [0.2, 0.25) is 0 Å². The van der Waals surface area contributed by atoms with Crippen molar-refractivity contribution < 1.29 is 23.0 Å². The van der Waals surface area contributed by atoms with Gasteiger partial charge in [0, 0.05) is 6.54 Å². The van der Waals surface area contributed by atoms with Gasteiger partial charge in [-0.2, -0.15) is 13.2 Å². The van der Waals surface area contributed by atoms with Crippen LogP contribution in [0.2, 0.25) is 0 Å². The van der Waals surface area contributed by atoms with Gasteiger partial charge in [-0.25, -0.2) is 4.98 Å². The number of rotatable bonds is 5. The van der Waals surface area contributed by atoms with E-state index in [0.717, 1.165) is 23.3 Å². The van der Waals surface area contributed by atoms with Crippen LogP contribution in [-0.2, 0) is 19.3 Å². The monoisotopic (exact) mass is 364 g/mol. The molecule has 0 atom stereocenters. The van der Waals surface area contributed by atoms with Gasteiger partial charge in [-0.05, 0) is 43.7 Å². The Morgan fingerprint density at radius 2 is 1.88 bits per heavy atom. The number of ether oxygens (including phenoxy) is 1. The summed E-state index contributed by atoms with van der Waals surface area (Å²) in [6.45, 7) is 4.08. The summed E-state index contributed by atoms with van der Waals surface area (Å²) in [5.41, 5.74) is 2.09. The molecule has 0 saturated carbocycles. The topological polar surface area (TPSA) is 47.3 Å². The number of nitrogens with zero attached hydrogens (tertiary/aromatic N) is 2. The number of halogens is 3. The molecule has 0 amide bonds. The minimum absolute atomic E-state index is 0.0972. The van der Waals surface area contributed by atoms with Crippen molar-refractivity contribution >= 4 is 11.0 Å². The lowest BCUT2D eigenvalue weighted by Gasteiger charge is -2.11. The molecule has 0 unspecified atom stereocenters. The molecule has 4 nitrogen and oxygen atoms in total. The van der Waals surface area contributed by atoms with Crippen LogP contribution in [0.5, 0.6) is 5.75 Å². The largest absolute Gasteiger partial charge is 0.485 e. The molecule has 0 spiro atoms. The summed E-state index contributed by atoms with van der Waals surface area (Å²) in [7, 11) is 0. The average Bonchev–Trinajstić information content (AvgIpc) is 2.91. The van der Waals surface area contributed by atoms with Gasteiger partial charge >= 0.3 is 6.18 Å². The molecule has 1 heterocycles. The number of aliphatic hydroxyl groups excluding tert-OH is 1. The summed E-state index contributed by atoms with van der Waals surface area (Å²) in [5, 5.41) is 9.30. The molecule has 0 aliphatic heterocycles. The molecule has 7 heteroatoms. The van der Waals surface area contributed by atoms with E-state index < -0.39 is 11.7 Å². The third-order valence-corrected chi connectivity index (χ3v) is 4.17. The molecule has 1 aromatic heterocycles. The molecule has 26 heavy (non-hydrogen) atoms. The number of fused-ring (bicyclic) bond motifs is 1. The quantitative estimate of drug-likeness (QED) is 0.737. The first-order chi connectivity index (χ1) is 12.3. The van der Waals surface area contributed by atoms with E-state index in [1.807, 2.05) is 32.0 Å². The molecule has 3 rings (SSSR count). The fraction of sp³-hybridized carbons (Fsp3) is 0.316. The smallest absolute Gasteiger partial charge is 0.416 e. The van der Waals surface area contributed by atoms with Crippen LogP contribution < -0.4 is 4.74 Å². The van der Waals surface area contributed by atoms with Crippen molar-refractivity contribution in [2.45, 2.75) is 33.2 Å². The first-order valence-corrected chi connectivity index (χ1v) is 8.17. The Hall–Kier alpha value is -2.54. The molecule has 1 N–H and O–H groups in total. The van der Waals surface area contributed by atoms with Crippen LogP contribution in [0.4, 0.5) is 13.2 Å². The third-order valence-electron chi connectivity index (χ3n) is 4.17. The third kappa shape index (κ3) is 3.67. The van der Waals surface area contributed by atoms with Crippen molar-refractivity contribution in [3.8, 4) is 5.75 Å². The zero-order valence-corrected chi connectivity index (χ0v) is 14.5. The van der Waals surface area contributed by atoms with E-state index in [9.17, 15) is 18.3 Å². The highest BCUT2D eigenvalue weighted by molar-refractivity contribution is 5.77. The standard InChI is InChI=1S/C19H19F3N2O2/c1-12-3-6-17(13(2)9-12)26-11-18-23-15-10-14(19(20,21)22)4-5-16(15)24(18)7-8-25/h3-6,9-10,25H,7-8,11H2,1-2H3. The highest BCUT2D eigenvalue weighted by Crippen LogP contribution is 2.31. The Bertz CT molecular complexity index is 932. The Labute approximate surface area is 148 Å². The summed E-state index contributed by atoms with van der Waals surface area (Å²) in [5.74, 6) is 1.16. The highest BCUT2D eigenvalue weighted by Gasteiger charge is 2.31. The second-order valence-electron chi connectivity index (χ2n) is 6.16. The predicted molar refractivity (Wildman–Crippen MR) is 92.1 cm³/mol. The van der Waals surface area contributed by atoms with Gasteiger partial charge in [-0.15, -0.1) is 0 Å². The molecule has 3 aromatic rings. The van der Waals surface area contributed by atoms with Crippen molar-refractivity contribution in [2.75, 3.05) is 6.61 Å². The molecule has 0 aliphatic carbocycles. The van der Waals surface area contributed by atoms with Crippen molar-refractivity contribution in [1.82, 2.24) is 9.55 Å². The zero-order chi connectivity index (χ0) is 18.9. The van der Waals surface area contributed by atoms with Crippen molar-refractivity contribution in [2.24, 2.45) is 0 Å². The van der Waals surface area contributed by atoms with E-state index in [1.54, 1.807) is 4.57 Å². The minimum Gasteiger partial charge on any atom is -0.485 e. The van der Waals surface area contributed by atoms with Crippen LogP contribution in [0.1, 0.15) is 22.5 Å². The van der Waals surface area contributed by atoms with Gasteiger partial charge in [-0.1, -0.05) is 17.7 Å². The van der Waals surface area contributed by atoms with Crippen molar-refractivity contribution in [1.29, 1.82) is 0 Å². The molecular weight excluding hydrogens is 345 g/mol. The molecule has 0 radical (unpaired) electrons. The Morgan fingerprint density at radius 3 is 2.54 bits per heavy atom. The number of hydrogen-bond donors (Lipinski definition) is 1. The van der Waals surface area contributed by atoms with Crippen LogP contribution in [0, 0.1) is 13.8 Å². The van der Waals surface area contributed by atoms with E-state index in [-0.39, 0.29) is 25.3 Å². The van der Waals surface area contributed by atoms with Gasteiger partial charge in [0.25, 0.3) is 0 Å². The molecule has 0 aliphatic rings. The number of benzene rings is 2. The van der Waals surface area contributed by atoms with Crippen LogP contribution in [-0.4, -0.2) is 21.3 Å². The maximum absolute atomic E-state index is 12.9. The Balaban J connectivity index is 1.94. The van der Waals surface area contributed by atoms with Gasteiger partial charge < -0.3 is 14.4 Å². The lowest BCUT2D eigenvalue weighted by molar-refractivity contribution is -0.137. The molecular formula is C19H19F3N2O2. The van der Waals surface area contributed by atoms with Crippen LogP contribution in [0.25, 0.3) is 11.0 Å². The van der Waals surface area contributed by atoms with Crippen LogP contribution >= 0.6 is 0 Å². The van der Waals surface area contributed by atoms with E-state index >= 15 is 0 Å². The van der Waals surface area contributed by atoms with Gasteiger partial charge in [-0.3, -0.25) is 0 Å². The van der Waals surface area contributed by atoms with Gasteiger partial charge in [0.05, 0.1) is 23.2 Å². The number of aliphatic hydroxyl groups is 1. The summed E-state index contributed by atoms with van der Waals surface area (Å²) in [6, 6.07) is 9.18. The van der Waals surface area contributed by atoms with Gasteiger partial charge in [0.15, 0.2) is 0 Å². The maximum Gasteiger partial charge on any atom is 0.416 e. The summed E-state index contributed by atoms with van der Waals surface area (Å²) < 4.78 is 46.2. The van der Waals surface area contributed by atoms with Crippen molar-refractivity contribution in [3.05, 3.63) is 58.9 Å². The number of hydrogen-bond acceptors (Lipinski definition) is 3.